The third kappa shape index (κ3) is 2.23. The van der Waals surface area contributed by atoms with E-state index in [1.54, 1.807) is 7.11 Å². The van der Waals surface area contributed by atoms with Crippen molar-refractivity contribution in [1.29, 1.82) is 0 Å². The van der Waals surface area contributed by atoms with Gasteiger partial charge in [0.15, 0.2) is 0 Å². The molecule has 0 saturated heterocycles. The molecule has 1 atom stereocenters. The number of hydrogen-bond donors (Lipinski definition) is 1. The van der Waals surface area contributed by atoms with Gasteiger partial charge in [0.05, 0.1) is 19.8 Å². The summed E-state index contributed by atoms with van der Waals surface area (Å²) in [5.41, 5.74) is 7.08. The molecule has 0 saturated carbocycles. The van der Waals surface area contributed by atoms with Crippen LogP contribution < -0.4 is 10.5 Å². The maximum atomic E-state index is 6.14. The van der Waals surface area contributed by atoms with E-state index in [2.05, 4.69) is 15.9 Å². The summed E-state index contributed by atoms with van der Waals surface area (Å²) in [4.78, 5) is 0. The van der Waals surface area contributed by atoms with E-state index in [1.165, 1.54) is 0 Å². The fraction of sp³-hybridized carbons (Fsp3) is 0.333. The first-order chi connectivity index (χ1) is 7.72. The Bertz CT molecular complexity index is 417. The Kier molecular flexibility index (Phi) is 3.51. The van der Waals surface area contributed by atoms with Gasteiger partial charge in [0.25, 0.3) is 0 Å². The SMILES string of the molecule is COc1cc(Br)ccc1C(N)C1=CCCO1. The molecule has 4 heteroatoms. The molecule has 1 aromatic carbocycles. The Morgan fingerprint density at radius 2 is 2.31 bits per heavy atom. The van der Waals surface area contributed by atoms with Gasteiger partial charge in [-0.1, -0.05) is 22.0 Å². The monoisotopic (exact) mass is 283 g/mol. The van der Waals surface area contributed by atoms with Crippen LogP contribution in [0.3, 0.4) is 0 Å². The lowest BCUT2D eigenvalue weighted by Crippen LogP contribution is -2.14. The Labute approximate surface area is 103 Å². The molecule has 2 N–H and O–H groups in total. The summed E-state index contributed by atoms with van der Waals surface area (Å²) in [6.07, 6.45) is 2.97. The zero-order chi connectivity index (χ0) is 11.5. The molecule has 0 spiro atoms. The van der Waals surface area contributed by atoms with Crippen molar-refractivity contribution in [3.05, 3.63) is 40.1 Å². The van der Waals surface area contributed by atoms with Crippen LogP contribution in [0.1, 0.15) is 18.0 Å². The topological polar surface area (TPSA) is 44.5 Å². The molecule has 3 nitrogen and oxygen atoms in total. The van der Waals surface area contributed by atoms with E-state index < -0.39 is 0 Å². The molecule has 0 aliphatic carbocycles. The van der Waals surface area contributed by atoms with Crippen molar-refractivity contribution in [2.45, 2.75) is 12.5 Å². The highest BCUT2D eigenvalue weighted by atomic mass is 79.9. The highest BCUT2D eigenvalue weighted by Crippen LogP contribution is 2.32. The van der Waals surface area contributed by atoms with Crippen molar-refractivity contribution >= 4 is 15.9 Å². The zero-order valence-corrected chi connectivity index (χ0v) is 10.7. The van der Waals surface area contributed by atoms with Crippen LogP contribution in [0.4, 0.5) is 0 Å². The van der Waals surface area contributed by atoms with E-state index in [1.807, 2.05) is 24.3 Å². The molecule has 0 radical (unpaired) electrons. The van der Waals surface area contributed by atoms with E-state index in [9.17, 15) is 0 Å². The Morgan fingerprint density at radius 1 is 1.50 bits per heavy atom. The number of ether oxygens (including phenoxy) is 2. The minimum atomic E-state index is -0.245. The molecular formula is C12H14BrNO2. The summed E-state index contributed by atoms with van der Waals surface area (Å²) in [5, 5.41) is 0. The molecule has 1 unspecified atom stereocenters. The molecule has 0 aromatic heterocycles. The van der Waals surface area contributed by atoms with Crippen LogP contribution in [0.5, 0.6) is 5.75 Å². The summed E-state index contributed by atoms with van der Waals surface area (Å²) >= 11 is 3.40. The van der Waals surface area contributed by atoms with Gasteiger partial charge in [-0.25, -0.2) is 0 Å². The van der Waals surface area contributed by atoms with Gasteiger partial charge >= 0.3 is 0 Å². The molecule has 1 aromatic rings. The minimum Gasteiger partial charge on any atom is -0.496 e. The second-order valence-electron chi connectivity index (χ2n) is 3.61. The fourth-order valence-corrected chi connectivity index (χ4v) is 2.09. The molecule has 0 bridgehead atoms. The quantitative estimate of drug-likeness (QED) is 0.928. The molecule has 0 fully saturated rings. The summed E-state index contributed by atoms with van der Waals surface area (Å²) in [5.74, 6) is 1.61. The zero-order valence-electron chi connectivity index (χ0n) is 9.07. The summed E-state index contributed by atoms with van der Waals surface area (Å²) < 4.78 is 11.8. The molecule has 16 heavy (non-hydrogen) atoms. The number of rotatable bonds is 3. The highest BCUT2D eigenvalue weighted by molar-refractivity contribution is 9.10. The average Bonchev–Trinajstić information content (AvgIpc) is 2.81. The number of nitrogens with two attached hydrogens (primary N) is 1. The second kappa shape index (κ2) is 4.89. The maximum absolute atomic E-state index is 6.14. The summed E-state index contributed by atoms with van der Waals surface area (Å²) in [7, 11) is 1.64. The Hall–Kier alpha value is -1.00. The van der Waals surface area contributed by atoms with Crippen LogP contribution in [-0.2, 0) is 4.74 Å². The lowest BCUT2D eigenvalue weighted by Gasteiger charge is -2.16. The van der Waals surface area contributed by atoms with Crippen LogP contribution in [0.25, 0.3) is 0 Å². The largest absolute Gasteiger partial charge is 0.496 e. The van der Waals surface area contributed by atoms with E-state index in [-0.39, 0.29) is 6.04 Å². The highest BCUT2D eigenvalue weighted by Gasteiger charge is 2.20. The van der Waals surface area contributed by atoms with Crippen LogP contribution >= 0.6 is 15.9 Å². The molecule has 2 rings (SSSR count). The van der Waals surface area contributed by atoms with Gasteiger partial charge in [-0.05, 0) is 18.2 Å². The predicted molar refractivity (Wildman–Crippen MR) is 66.3 cm³/mol. The van der Waals surface area contributed by atoms with Crippen LogP contribution in [0.2, 0.25) is 0 Å². The van der Waals surface area contributed by atoms with Crippen molar-refractivity contribution in [2.24, 2.45) is 5.73 Å². The van der Waals surface area contributed by atoms with E-state index in [0.29, 0.717) is 0 Å². The normalized spacial score (nSPS) is 16.6. The number of halogens is 1. The Balaban J connectivity index is 2.31. The van der Waals surface area contributed by atoms with Crippen molar-refractivity contribution in [3.63, 3.8) is 0 Å². The summed E-state index contributed by atoms with van der Waals surface area (Å²) in [6, 6.07) is 5.57. The molecule has 1 aliphatic heterocycles. The van der Waals surface area contributed by atoms with Gasteiger partial charge in [-0.2, -0.15) is 0 Å². The summed E-state index contributed by atoms with van der Waals surface area (Å²) in [6.45, 7) is 0.724. The van der Waals surface area contributed by atoms with Gasteiger partial charge in [0.1, 0.15) is 11.5 Å². The lowest BCUT2D eigenvalue weighted by atomic mass is 10.0. The molecule has 1 aliphatic rings. The van der Waals surface area contributed by atoms with Crippen LogP contribution in [0.15, 0.2) is 34.5 Å². The van der Waals surface area contributed by atoms with Gasteiger partial charge in [-0.15, -0.1) is 0 Å². The fourth-order valence-electron chi connectivity index (χ4n) is 1.75. The molecule has 1 heterocycles. The van der Waals surface area contributed by atoms with Crippen molar-refractivity contribution < 1.29 is 9.47 Å². The maximum Gasteiger partial charge on any atom is 0.125 e. The third-order valence-electron chi connectivity index (χ3n) is 2.57. The smallest absolute Gasteiger partial charge is 0.125 e. The number of methoxy groups -OCH3 is 1. The van der Waals surface area contributed by atoms with Gasteiger partial charge in [-0.3, -0.25) is 0 Å². The first-order valence-electron chi connectivity index (χ1n) is 5.14. The molecular weight excluding hydrogens is 270 g/mol. The second-order valence-corrected chi connectivity index (χ2v) is 4.52. The van der Waals surface area contributed by atoms with Crippen molar-refractivity contribution in [1.82, 2.24) is 0 Å². The van der Waals surface area contributed by atoms with Gasteiger partial charge in [0.2, 0.25) is 0 Å². The number of benzene rings is 1. The van der Waals surface area contributed by atoms with Crippen LogP contribution in [0, 0.1) is 0 Å². The van der Waals surface area contributed by atoms with Gasteiger partial charge < -0.3 is 15.2 Å². The van der Waals surface area contributed by atoms with Crippen molar-refractivity contribution in [2.75, 3.05) is 13.7 Å². The lowest BCUT2D eigenvalue weighted by molar-refractivity contribution is 0.224. The molecule has 0 amide bonds. The minimum absolute atomic E-state index is 0.245. The number of hydrogen-bond acceptors (Lipinski definition) is 3. The van der Waals surface area contributed by atoms with E-state index in [0.717, 1.165) is 34.6 Å². The predicted octanol–water partition coefficient (Wildman–Crippen LogP) is 2.76. The van der Waals surface area contributed by atoms with E-state index in [4.69, 9.17) is 15.2 Å². The van der Waals surface area contributed by atoms with Crippen molar-refractivity contribution in [3.8, 4) is 5.75 Å². The van der Waals surface area contributed by atoms with Gasteiger partial charge in [0, 0.05) is 16.5 Å². The third-order valence-corrected chi connectivity index (χ3v) is 3.06. The first-order valence-corrected chi connectivity index (χ1v) is 5.93. The average molecular weight is 284 g/mol. The van der Waals surface area contributed by atoms with E-state index >= 15 is 0 Å². The Morgan fingerprint density at radius 3 is 2.94 bits per heavy atom. The first kappa shape index (κ1) is 11.5. The van der Waals surface area contributed by atoms with Crippen LogP contribution in [-0.4, -0.2) is 13.7 Å². The standard InChI is InChI=1S/C12H14BrNO2/c1-15-11-7-8(13)4-5-9(11)12(14)10-3-2-6-16-10/h3-5,7,12H,2,6,14H2,1H3. The molecule has 86 valence electrons.